The zero-order valence-electron chi connectivity index (χ0n) is 21.3. The molecule has 1 heterocycles. The summed E-state index contributed by atoms with van der Waals surface area (Å²) in [6.45, 7) is 10.8. The molecule has 0 aromatic carbocycles. The maximum Gasteiger partial charge on any atom is 0.303 e. The third-order valence-corrected chi connectivity index (χ3v) is 9.54. The first-order chi connectivity index (χ1) is 15.2. The topological polar surface area (TPSA) is 102 Å². The number of hydrogen-bond donors (Lipinski definition) is 2. The van der Waals surface area contributed by atoms with Crippen molar-refractivity contribution in [2.75, 3.05) is 12.8 Å². The van der Waals surface area contributed by atoms with Crippen molar-refractivity contribution in [2.24, 2.45) is 22.7 Å². The molecule has 0 spiro atoms. The van der Waals surface area contributed by atoms with Crippen LogP contribution >= 0.6 is 12.0 Å². The van der Waals surface area contributed by atoms with Crippen LogP contribution in [0.25, 0.3) is 0 Å². The Hall–Kier alpha value is 0.512. The Morgan fingerprint density at radius 2 is 1.97 bits per heavy atom. The molecular weight excluding hydrogens is 659 g/mol. The van der Waals surface area contributed by atoms with Gasteiger partial charge in [-0.1, -0.05) is 27.7 Å². The Morgan fingerprint density at radius 3 is 2.52 bits per heavy atom. The summed E-state index contributed by atoms with van der Waals surface area (Å²) in [5.41, 5.74) is -3.53. The van der Waals surface area contributed by atoms with E-state index in [9.17, 15) is 19.8 Å². The quantitative estimate of drug-likeness (QED) is 0.343. The molecule has 183 valence electrons. The number of carbonyl (C=O) groups is 2. The van der Waals surface area contributed by atoms with Gasteiger partial charge in [-0.3, -0.25) is 9.59 Å². The Kier molecular flexibility index (Phi) is 7.34. The molecule has 1 aliphatic heterocycles. The van der Waals surface area contributed by atoms with E-state index in [-0.39, 0.29) is 81.4 Å². The molecule has 4 rings (SSSR count). The van der Waals surface area contributed by atoms with Crippen LogP contribution in [-0.2, 0) is 23.2 Å². The molecule has 8 atom stereocenters. The van der Waals surface area contributed by atoms with E-state index >= 15 is 0 Å². The fourth-order valence-electron chi connectivity index (χ4n) is 7.14. The van der Waals surface area contributed by atoms with Crippen LogP contribution in [-0.4, -0.2) is 64.3 Å². The summed E-state index contributed by atoms with van der Waals surface area (Å²) >= 11 is 0.951. The standard InChI is InChI=1S/C24H36O7S.Ac/c1-12-8-17-23(27,11-29-17)19-20(30-14(3)25)24(28)10-16(31-32-7)13(2)18(21(24,4)5)15(26)9-22(12,19)6;/h12,16-17,19-20,27-28H,8-11H2,1-7H3;/t12-,16-,17+,19?,20-,22+,23-,24+;/m0./s1/i7T;. The Labute approximate surface area is 237 Å². The van der Waals surface area contributed by atoms with Crippen LogP contribution in [0.15, 0.2) is 11.1 Å². The summed E-state index contributed by atoms with van der Waals surface area (Å²) in [7, 11) is 0. The molecule has 0 aromatic heterocycles. The predicted octanol–water partition coefficient (Wildman–Crippen LogP) is 2.82. The average Bonchev–Trinajstić information content (AvgIpc) is 2.70. The van der Waals surface area contributed by atoms with Crippen molar-refractivity contribution in [2.45, 2.75) is 90.3 Å². The van der Waals surface area contributed by atoms with Crippen LogP contribution < -0.4 is 0 Å². The molecule has 3 aliphatic carbocycles. The summed E-state index contributed by atoms with van der Waals surface area (Å²) in [5, 5.41) is 24.3. The minimum absolute atomic E-state index is 0. The third-order valence-electron chi connectivity index (χ3n) is 9.17. The van der Waals surface area contributed by atoms with Crippen molar-refractivity contribution in [3.8, 4) is 0 Å². The smallest absolute Gasteiger partial charge is 0.303 e. The Morgan fingerprint density at radius 1 is 1.30 bits per heavy atom. The van der Waals surface area contributed by atoms with Gasteiger partial charge in [-0.05, 0) is 42.3 Å². The number of hydrogen-bond acceptors (Lipinski definition) is 8. The van der Waals surface area contributed by atoms with E-state index in [1.807, 2.05) is 34.6 Å². The van der Waals surface area contributed by atoms with Crippen LogP contribution in [0.2, 0.25) is 0 Å². The van der Waals surface area contributed by atoms with E-state index in [0.717, 1.165) is 17.6 Å². The summed E-state index contributed by atoms with van der Waals surface area (Å²) in [4.78, 5) is 26.3. The molecular formula is C24H36AcO7S. The Balaban J connectivity index is 0.00000324. The molecule has 2 saturated carbocycles. The van der Waals surface area contributed by atoms with Gasteiger partial charge in [0.15, 0.2) is 5.78 Å². The van der Waals surface area contributed by atoms with Gasteiger partial charge in [0.2, 0.25) is 0 Å². The molecule has 7 nitrogen and oxygen atoms in total. The summed E-state index contributed by atoms with van der Waals surface area (Å²) < 4.78 is 24.9. The number of esters is 1. The molecule has 1 unspecified atom stereocenters. The second kappa shape index (κ2) is 9.12. The first-order valence-electron chi connectivity index (χ1n) is 12.0. The maximum absolute atomic E-state index is 13.9. The van der Waals surface area contributed by atoms with Gasteiger partial charge in [-0.15, -0.1) is 0 Å². The first-order valence-corrected chi connectivity index (χ1v) is 12.2. The van der Waals surface area contributed by atoms with Gasteiger partial charge in [-0.2, -0.15) is 0 Å². The van der Waals surface area contributed by atoms with E-state index in [2.05, 4.69) is 0 Å². The average molecular weight is 698 g/mol. The van der Waals surface area contributed by atoms with Gasteiger partial charge in [0.25, 0.3) is 0 Å². The fourth-order valence-corrected chi connectivity index (χ4v) is 7.51. The summed E-state index contributed by atoms with van der Waals surface area (Å²) in [5.74, 6) is -1.34. The number of ether oxygens (including phenoxy) is 2. The molecule has 33 heavy (non-hydrogen) atoms. The van der Waals surface area contributed by atoms with Crippen LogP contribution in [0.1, 0.15) is 62.2 Å². The SMILES string of the molecule is [3H]CSO[C@H]1C[C@@]2(O)[C@@H](OC(C)=O)C3[C@](C)(CC(=O)C(=C1C)C2(C)C)[C@@H](C)C[C@H]1OC[C@@]31O.[Ac]. The second-order valence-corrected chi connectivity index (χ2v) is 11.5. The van der Waals surface area contributed by atoms with Crippen molar-refractivity contribution in [3.63, 3.8) is 0 Å². The van der Waals surface area contributed by atoms with Crippen LogP contribution in [0.5, 0.6) is 0 Å². The molecule has 2 bridgehead atoms. The van der Waals surface area contributed by atoms with Crippen molar-refractivity contribution in [1.82, 2.24) is 0 Å². The van der Waals surface area contributed by atoms with Gasteiger partial charge >= 0.3 is 5.97 Å². The fraction of sp³-hybridized carbons (Fsp3) is 0.833. The van der Waals surface area contributed by atoms with Crippen molar-refractivity contribution in [3.05, 3.63) is 11.1 Å². The van der Waals surface area contributed by atoms with E-state index in [0.29, 0.717) is 12.0 Å². The number of ketones is 1. The number of aliphatic hydroxyl groups is 2. The molecule has 4 aliphatic rings. The molecule has 9 heteroatoms. The number of rotatable bonds is 3. The zero-order valence-corrected chi connectivity index (χ0v) is 25.9. The molecule has 0 aromatic rings. The molecule has 1 saturated heterocycles. The van der Waals surface area contributed by atoms with Gasteiger partial charge in [0.1, 0.15) is 17.3 Å². The zero-order chi connectivity index (χ0) is 24.6. The van der Waals surface area contributed by atoms with Gasteiger partial charge < -0.3 is 23.9 Å². The van der Waals surface area contributed by atoms with Crippen LogP contribution in [0, 0.1) is 66.7 Å². The van der Waals surface area contributed by atoms with E-state index in [1.165, 1.54) is 6.92 Å². The molecule has 3 fully saturated rings. The minimum atomic E-state index is -1.68. The molecule has 0 amide bonds. The van der Waals surface area contributed by atoms with Crippen LogP contribution in [0.3, 0.4) is 0 Å². The second-order valence-electron chi connectivity index (χ2n) is 11.1. The van der Waals surface area contributed by atoms with Gasteiger partial charge in [-0.25, -0.2) is 0 Å². The number of carbonyl (C=O) groups excluding carboxylic acids is 2. The van der Waals surface area contributed by atoms with Crippen molar-refractivity contribution < 1.29 is 78.9 Å². The van der Waals surface area contributed by atoms with Gasteiger partial charge in [0.05, 0.1) is 18.8 Å². The number of fused-ring (bicyclic) bond motifs is 5. The third kappa shape index (κ3) is 3.86. The first kappa shape index (κ1) is 26.6. The summed E-state index contributed by atoms with van der Waals surface area (Å²) in [6, 6.07) is 0. The molecule has 2 N–H and O–H groups in total. The Bertz CT molecular complexity index is 897. The molecule has 1 radical (unpaired) electrons. The maximum atomic E-state index is 13.9. The predicted molar refractivity (Wildman–Crippen MR) is 120 cm³/mol. The largest absolute Gasteiger partial charge is 0.459 e. The van der Waals surface area contributed by atoms with E-state index in [4.69, 9.17) is 15.0 Å². The monoisotopic (exact) mass is 697 g/mol. The normalized spacial score (nSPS) is 46.5. The van der Waals surface area contributed by atoms with Crippen molar-refractivity contribution >= 4 is 23.8 Å². The van der Waals surface area contributed by atoms with Crippen molar-refractivity contribution in [1.29, 1.82) is 0 Å². The van der Waals surface area contributed by atoms with Crippen LogP contribution in [0.4, 0.5) is 0 Å². The van der Waals surface area contributed by atoms with Gasteiger partial charge in [0, 0.05) is 88.3 Å². The minimum Gasteiger partial charge on any atom is -0.459 e. The number of Topliss-reactive ketones (excluding diaryl/α,β-unsaturated/α-hetero) is 1. The van der Waals surface area contributed by atoms with E-state index in [1.54, 1.807) is 0 Å². The van der Waals surface area contributed by atoms with E-state index < -0.39 is 52.2 Å². The summed E-state index contributed by atoms with van der Waals surface area (Å²) in [6.07, 6.45) is -1.32.